The van der Waals surface area contributed by atoms with Crippen LogP contribution < -0.4 is 4.74 Å². The van der Waals surface area contributed by atoms with Crippen LogP contribution >= 0.6 is 0 Å². The summed E-state index contributed by atoms with van der Waals surface area (Å²) in [5.41, 5.74) is 0.803. The van der Waals surface area contributed by atoms with Crippen LogP contribution in [0, 0.1) is 5.41 Å². The van der Waals surface area contributed by atoms with Crippen molar-refractivity contribution >= 4 is 5.91 Å². The molecule has 1 spiro atoms. The minimum atomic E-state index is 0.0546. The first kappa shape index (κ1) is 16.1. The van der Waals surface area contributed by atoms with Crippen molar-refractivity contribution in [2.24, 2.45) is 5.41 Å². The van der Waals surface area contributed by atoms with E-state index in [-0.39, 0.29) is 17.4 Å². The Morgan fingerprint density at radius 1 is 1.36 bits per heavy atom. The molecule has 2 fully saturated rings. The topological polar surface area (TPSA) is 64.8 Å². The van der Waals surface area contributed by atoms with Crippen LogP contribution in [0.5, 0.6) is 5.75 Å². The highest BCUT2D eigenvalue weighted by Gasteiger charge is 2.43. The number of carbonyl (C=O) groups excluding carboxylic acids is 1. The molecule has 0 unspecified atom stereocenters. The van der Waals surface area contributed by atoms with Crippen molar-refractivity contribution in [3.63, 3.8) is 0 Å². The molecule has 0 aromatic carbocycles. The zero-order valence-electron chi connectivity index (χ0n) is 14.1. The van der Waals surface area contributed by atoms with Gasteiger partial charge in [-0.1, -0.05) is 0 Å². The molecule has 132 valence electrons. The quantitative estimate of drug-likeness (QED) is 0.855. The van der Waals surface area contributed by atoms with E-state index in [1.54, 1.807) is 18.5 Å². The highest BCUT2D eigenvalue weighted by Crippen LogP contribution is 2.42. The molecular formula is C19H22N2O4. The van der Waals surface area contributed by atoms with Crippen LogP contribution in [0.3, 0.4) is 0 Å². The second kappa shape index (κ2) is 6.88. The van der Waals surface area contributed by atoms with Gasteiger partial charge in [0.1, 0.15) is 18.6 Å². The Labute approximate surface area is 146 Å². The normalized spacial score (nSPS) is 22.2. The zero-order chi connectivity index (χ0) is 17.1. The molecule has 2 aliphatic heterocycles. The number of furan rings is 1. The van der Waals surface area contributed by atoms with E-state index in [4.69, 9.17) is 13.9 Å². The summed E-state index contributed by atoms with van der Waals surface area (Å²) in [5, 5.41) is 0. The van der Waals surface area contributed by atoms with Crippen LogP contribution in [0.15, 0.2) is 47.5 Å². The molecule has 4 rings (SSSR count). The van der Waals surface area contributed by atoms with Crippen LogP contribution in [-0.4, -0.2) is 48.2 Å². The van der Waals surface area contributed by atoms with Gasteiger partial charge in [0, 0.05) is 19.3 Å². The minimum absolute atomic E-state index is 0.0546. The summed E-state index contributed by atoms with van der Waals surface area (Å²) in [6.07, 6.45) is 9.53. The van der Waals surface area contributed by atoms with Gasteiger partial charge >= 0.3 is 0 Å². The number of amides is 1. The van der Waals surface area contributed by atoms with Gasteiger partial charge in [0.2, 0.25) is 0 Å². The first-order valence-corrected chi connectivity index (χ1v) is 8.70. The van der Waals surface area contributed by atoms with Gasteiger partial charge in [0.25, 0.3) is 5.91 Å². The molecule has 0 bridgehead atoms. The molecule has 1 amide bonds. The van der Waals surface area contributed by atoms with Crippen LogP contribution in [0.1, 0.15) is 29.6 Å². The smallest absolute Gasteiger partial charge is 0.257 e. The molecule has 0 N–H and O–H groups in total. The molecule has 4 heterocycles. The van der Waals surface area contributed by atoms with Gasteiger partial charge in [-0.05, 0) is 42.9 Å². The summed E-state index contributed by atoms with van der Waals surface area (Å²) in [6.45, 7) is 2.83. The van der Waals surface area contributed by atoms with Gasteiger partial charge in [-0.3, -0.25) is 9.78 Å². The lowest BCUT2D eigenvalue weighted by molar-refractivity contribution is 0.0427. The van der Waals surface area contributed by atoms with Gasteiger partial charge in [-0.25, -0.2) is 0 Å². The average Bonchev–Trinajstić information content (AvgIpc) is 3.32. The Morgan fingerprint density at radius 2 is 2.24 bits per heavy atom. The summed E-state index contributed by atoms with van der Waals surface area (Å²) >= 11 is 0. The van der Waals surface area contributed by atoms with Crippen molar-refractivity contribution in [3.05, 3.63) is 48.7 Å². The van der Waals surface area contributed by atoms with E-state index < -0.39 is 0 Å². The van der Waals surface area contributed by atoms with E-state index in [1.165, 1.54) is 12.5 Å². The molecular weight excluding hydrogens is 320 g/mol. The number of nitrogens with zero attached hydrogens (tertiary/aromatic N) is 2. The molecule has 1 atom stereocenters. The van der Waals surface area contributed by atoms with Gasteiger partial charge in [0.15, 0.2) is 0 Å². The Hall–Kier alpha value is -2.34. The van der Waals surface area contributed by atoms with Gasteiger partial charge in [-0.2, -0.15) is 0 Å². The number of piperidine rings is 1. The Kier molecular flexibility index (Phi) is 4.44. The monoisotopic (exact) mass is 342 g/mol. The summed E-state index contributed by atoms with van der Waals surface area (Å²) in [7, 11) is 0. The number of rotatable bonds is 4. The molecule has 0 aliphatic carbocycles. The van der Waals surface area contributed by atoms with Gasteiger partial charge in [-0.15, -0.1) is 0 Å². The average molecular weight is 342 g/mol. The summed E-state index contributed by atoms with van der Waals surface area (Å²) in [6, 6.07) is 5.48. The minimum Gasteiger partial charge on any atom is -0.489 e. The fourth-order valence-electron chi connectivity index (χ4n) is 3.73. The third-order valence-corrected chi connectivity index (χ3v) is 5.24. The number of carbonyl (C=O) groups is 1. The summed E-state index contributed by atoms with van der Waals surface area (Å²) in [4.78, 5) is 18.4. The maximum absolute atomic E-state index is 12.4. The molecule has 6 nitrogen and oxygen atoms in total. The van der Waals surface area contributed by atoms with Crippen LogP contribution in [0.2, 0.25) is 0 Å². The SMILES string of the molecule is O=C(c1ccoc1)N1CCC2(CC1)CO[C@H](COc1cccnc1)C2. The number of pyridine rings is 1. The maximum atomic E-state index is 12.4. The molecule has 0 radical (unpaired) electrons. The lowest BCUT2D eigenvalue weighted by Gasteiger charge is -2.38. The third-order valence-electron chi connectivity index (χ3n) is 5.24. The fourth-order valence-corrected chi connectivity index (χ4v) is 3.73. The van der Waals surface area contributed by atoms with E-state index >= 15 is 0 Å². The number of aromatic nitrogens is 1. The number of ether oxygens (including phenoxy) is 2. The third kappa shape index (κ3) is 3.54. The van der Waals surface area contributed by atoms with Crippen molar-refractivity contribution in [3.8, 4) is 5.75 Å². The molecule has 2 saturated heterocycles. The number of hydrogen-bond donors (Lipinski definition) is 0. The van der Waals surface area contributed by atoms with Gasteiger partial charge < -0.3 is 18.8 Å². The fraction of sp³-hybridized carbons (Fsp3) is 0.474. The molecule has 6 heteroatoms. The Balaban J connectivity index is 1.28. The highest BCUT2D eigenvalue weighted by molar-refractivity contribution is 5.93. The van der Waals surface area contributed by atoms with Crippen LogP contribution in [0.25, 0.3) is 0 Å². The first-order chi connectivity index (χ1) is 12.2. The van der Waals surface area contributed by atoms with Crippen LogP contribution in [-0.2, 0) is 4.74 Å². The maximum Gasteiger partial charge on any atom is 0.257 e. The number of likely N-dealkylation sites (tertiary alicyclic amines) is 1. The number of hydrogen-bond acceptors (Lipinski definition) is 5. The molecule has 0 saturated carbocycles. The van der Waals surface area contributed by atoms with Gasteiger partial charge in [0.05, 0.1) is 30.7 Å². The lowest BCUT2D eigenvalue weighted by atomic mass is 9.76. The van der Waals surface area contributed by atoms with E-state index in [0.717, 1.165) is 44.7 Å². The van der Waals surface area contributed by atoms with E-state index in [9.17, 15) is 4.79 Å². The second-order valence-corrected chi connectivity index (χ2v) is 6.94. The van der Waals surface area contributed by atoms with Crippen molar-refractivity contribution in [1.82, 2.24) is 9.88 Å². The zero-order valence-corrected chi connectivity index (χ0v) is 14.1. The first-order valence-electron chi connectivity index (χ1n) is 8.70. The van der Waals surface area contributed by atoms with E-state index in [1.807, 2.05) is 17.0 Å². The standard InChI is InChI=1S/C19H22N2O4/c22-18(15-3-9-23-12-15)21-7-4-19(5-8-21)10-17(25-14-19)13-24-16-2-1-6-20-11-16/h1-3,6,9,11-12,17H,4-5,7-8,10,13-14H2/t17-/m0/s1. The lowest BCUT2D eigenvalue weighted by Crippen LogP contribution is -2.43. The van der Waals surface area contributed by atoms with Crippen molar-refractivity contribution < 1.29 is 18.7 Å². The molecule has 25 heavy (non-hydrogen) atoms. The Morgan fingerprint density at radius 3 is 2.96 bits per heavy atom. The largest absolute Gasteiger partial charge is 0.489 e. The van der Waals surface area contributed by atoms with Crippen LogP contribution in [0.4, 0.5) is 0 Å². The van der Waals surface area contributed by atoms with Crippen molar-refractivity contribution in [1.29, 1.82) is 0 Å². The molecule has 2 aromatic heterocycles. The van der Waals surface area contributed by atoms with Crippen molar-refractivity contribution in [2.45, 2.75) is 25.4 Å². The summed E-state index contributed by atoms with van der Waals surface area (Å²) < 4.78 is 16.8. The van der Waals surface area contributed by atoms with E-state index in [0.29, 0.717) is 12.2 Å². The molecule has 2 aliphatic rings. The van der Waals surface area contributed by atoms with E-state index in [2.05, 4.69) is 4.98 Å². The second-order valence-electron chi connectivity index (χ2n) is 6.94. The Bertz CT molecular complexity index is 693. The molecule has 2 aromatic rings. The predicted molar refractivity (Wildman–Crippen MR) is 90.4 cm³/mol. The predicted octanol–water partition coefficient (Wildman–Crippen LogP) is 2.76. The highest BCUT2D eigenvalue weighted by atomic mass is 16.5. The summed E-state index contributed by atoms with van der Waals surface area (Å²) in [5.74, 6) is 0.826. The van der Waals surface area contributed by atoms with Crippen molar-refractivity contribution in [2.75, 3.05) is 26.3 Å².